The van der Waals surface area contributed by atoms with E-state index < -0.39 is 0 Å². The lowest BCUT2D eigenvalue weighted by molar-refractivity contribution is 0.162. The van der Waals surface area contributed by atoms with Crippen LogP contribution in [0, 0.1) is 0 Å². The molecular formula is C10H15ClO2. The van der Waals surface area contributed by atoms with Crippen molar-refractivity contribution in [2.24, 2.45) is 0 Å². The number of ether oxygens (including phenoxy) is 1. The van der Waals surface area contributed by atoms with E-state index in [4.69, 9.17) is 21.4 Å². The molecule has 2 nitrogen and oxygen atoms in total. The van der Waals surface area contributed by atoms with Crippen molar-refractivity contribution in [2.45, 2.75) is 13.8 Å². The molecule has 1 aromatic carbocycles. The first-order valence-electron chi connectivity index (χ1n) is 4.23. The Kier molecular flexibility index (Phi) is 7.45. The van der Waals surface area contributed by atoms with E-state index >= 15 is 0 Å². The molecule has 0 saturated heterocycles. The molecule has 0 atom stereocenters. The van der Waals surface area contributed by atoms with Crippen molar-refractivity contribution in [1.82, 2.24) is 0 Å². The van der Waals surface area contributed by atoms with Gasteiger partial charge in [0.2, 0.25) is 0 Å². The molecular weight excluding hydrogens is 188 g/mol. The number of phenols is 1. The van der Waals surface area contributed by atoms with Crippen molar-refractivity contribution >= 4 is 11.6 Å². The average molecular weight is 203 g/mol. The molecule has 0 radical (unpaired) electrons. The quantitative estimate of drug-likeness (QED) is 0.799. The van der Waals surface area contributed by atoms with Crippen molar-refractivity contribution in [3.63, 3.8) is 0 Å². The zero-order valence-corrected chi connectivity index (χ0v) is 8.71. The number of para-hydroxylation sites is 1. The third kappa shape index (κ3) is 6.43. The molecule has 13 heavy (non-hydrogen) atoms. The summed E-state index contributed by atoms with van der Waals surface area (Å²) >= 11 is 5.46. The summed E-state index contributed by atoms with van der Waals surface area (Å²) in [6.45, 7) is 5.67. The summed E-state index contributed by atoms with van der Waals surface area (Å²) in [7, 11) is 0. The van der Waals surface area contributed by atoms with Crippen molar-refractivity contribution in [1.29, 1.82) is 0 Å². The molecule has 0 aliphatic carbocycles. The lowest BCUT2D eigenvalue weighted by Crippen LogP contribution is -1.84. The molecule has 0 amide bonds. The molecule has 0 aromatic heterocycles. The fourth-order valence-corrected chi connectivity index (χ4v) is 0.792. The van der Waals surface area contributed by atoms with Gasteiger partial charge in [-0.05, 0) is 26.0 Å². The number of hydrogen-bond donors (Lipinski definition) is 1. The molecule has 0 spiro atoms. The zero-order valence-electron chi connectivity index (χ0n) is 7.96. The predicted octanol–water partition coefficient (Wildman–Crippen LogP) is 3.09. The van der Waals surface area contributed by atoms with Gasteiger partial charge in [0, 0.05) is 13.2 Å². The van der Waals surface area contributed by atoms with Gasteiger partial charge in [0.25, 0.3) is 0 Å². The van der Waals surface area contributed by atoms with E-state index in [1.54, 1.807) is 24.3 Å². The topological polar surface area (TPSA) is 29.5 Å². The van der Waals surface area contributed by atoms with Gasteiger partial charge in [-0.25, -0.2) is 0 Å². The smallest absolute Gasteiger partial charge is 0.134 e. The first kappa shape index (κ1) is 12.3. The number of phenolic OH excluding ortho intramolecular Hbond substituents is 1. The van der Waals surface area contributed by atoms with Crippen LogP contribution in [0.25, 0.3) is 0 Å². The minimum Gasteiger partial charge on any atom is -0.506 e. The summed E-state index contributed by atoms with van der Waals surface area (Å²) in [5.41, 5.74) is 0. The Labute approximate surface area is 84.1 Å². The monoisotopic (exact) mass is 202 g/mol. The summed E-state index contributed by atoms with van der Waals surface area (Å²) in [6.07, 6.45) is 0. The Morgan fingerprint density at radius 2 is 1.77 bits per heavy atom. The van der Waals surface area contributed by atoms with Gasteiger partial charge in [-0.2, -0.15) is 0 Å². The van der Waals surface area contributed by atoms with Crippen LogP contribution in [0.3, 0.4) is 0 Å². The fraction of sp³-hybridized carbons (Fsp3) is 0.400. The third-order valence-corrected chi connectivity index (χ3v) is 1.58. The van der Waals surface area contributed by atoms with Crippen LogP contribution in [-0.4, -0.2) is 18.3 Å². The summed E-state index contributed by atoms with van der Waals surface area (Å²) in [6, 6.07) is 6.67. The van der Waals surface area contributed by atoms with Crippen molar-refractivity contribution < 1.29 is 9.84 Å². The fourth-order valence-electron chi connectivity index (χ4n) is 0.656. The Hall–Kier alpha value is -0.730. The largest absolute Gasteiger partial charge is 0.506 e. The maximum Gasteiger partial charge on any atom is 0.134 e. The summed E-state index contributed by atoms with van der Waals surface area (Å²) in [5.74, 6) is 0.133. The van der Waals surface area contributed by atoms with Gasteiger partial charge in [-0.1, -0.05) is 23.7 Å². The van der Waals surface area contributed by atoms with E-state index in [9.17, 15) is 0 Å². The van der Waals surface area contributed by atoms with E-state index in [1.165, 1.54) is 0 Å². The SMILES string of the molecule is CCOCC.Oc1ccccc1Cl. The molecule has 0 aliphatic rings. The first-order chi connectivity index (χ1) is 6.22. The first-order valence-corrected chi connectivity index (χ1v) is 4.61. The maximum absolute atomic E-state index is 8.79. The summed E-state index contributed by atoms with van der Waals surface area (Å²) < 4.78 is 4.83. The van der Waals surface area contributed by atoms with Gasteiger partial charge in [0.05, 0.1) is 5.02 Å². The molecule has 74 valence electrons. The van der Waals surface area contributed by atoms with Gasteiger partial charge in [0.15, 0.2) is 0 Å². The number of rotatable bonds is 2. The van der Waals surface area contributed by atoms with Crippen molar-refractivity contribution in [3.8, 4) is 5.75 Å². The average Bonchev–Trinajstić information content (AvgIpc) is 2.13. The van der Waals surface area contributed by atoms with Crippen molar-refractivity contribution in [2.75, 3.05) is 13.2 Å². The Balaban J connectivity index is 0.000000252. The standard InChI is InChI=1S/C6H5ClO.C4H10O/c7-5-3-1-2-4-6(5)8;1-3-5-4-2/h1-4,8H;3-4H2,1-2H3. The molecule has 0 heterocycles. The lowest BCUT2D eigenvalue weighted by atomic mass is 10.3. The predicted molar refractivity (Wildman–Crippen MR) is 55.3 cm³/mol. The Bertz CT molecular complexity index is 203. The third-order valence-electron chi connectivity index (χ3n) is 1.26. The summed E-state index contributed by atoms with van der Waals surface area (Å²) in [4.78, 5) is 0. The van der Waals surface area contributed by atoms with E-state index in [-0.39, 0.29) is 5.75 Å². The molecule has 0 fully saturated rings. The van der Waals surface area contributed by atoms with Crippen molar-refractivity contribution in [3.05, 3.63) is 29.3 Å². The van der Waals surface area contributed by atoms with Gasteiger partial charge >= 0.3 is 0 Å². The van der Waals surface area contributed by atoms with Crippen LogP contribution in [0.15, 0.2) is 24.3 Å². The second-order valence-corrected chi connectivity index (χ2v) is 2.64. The molecule has 3 heteroatoms. The van der Waals surface area contributed by atoms with E-state index in [1.807, 2.05) is 13.8 Å². The normalized spacial score (nSPS) is 8.85. The number of hydrogen-bond acceptors (Lipinski definition) is 2. The maximum atomic E-state index is 8.79. The van der Waals surface area contributed by atoms with E-state index in [0.717, 1.165) is 13.2 Å². The highest BCUT2D eigenvalue weighted by Gasteiger charge is 1.89. The van der Waals surface area contributed by atoms with Crippen LogP contribution in [0.4, 0.5) is 0 Å². The lowest BCUT2D eigenvalue weighted by Gasteiger charge is -1.89. The van der Waals surface area contributed by atoms with Crippen LogP contribution < -0.4 is 0 Å². The number of benzene rings is 1. The Morgan fingerprint density at radius 3 is 2.00 bits per heavy atom. The minimum absolute atomic E-state index is 0.133. The van der Waals surface area contributed by atoms with E-state index in [0.29, 0.717) is 5.02 Å². The Morgan fingerprint density at radius 1 is 1.23 bits per heavy atom. The van der Waals surface area contributed by atoms with Crippen LogP contribution in [0.5, 0.6) is 5.75 Å². The van der Waals surface area contributed by atoms with Gasteiger partial charge in [-0.3, -0.25) is 0 Å². The number of halogens is 1. The van der Waals surface area contributed by atoms with Gasteiger partial charge in [-0.15, -0.1) is 0 Å². The highest BCUT2D eigenvalue weighted by molar-refractivity contribution is 6.31. The molecule has 0 aliphatic heterocycles. The highest BCUT2D eigenvalue weighted by atomic mass is 35.5. The molecule has 0 bridgehead atoms. The second kappa shape index (κ2) is 7.90. The summed E-state index contributed by atoms with van der Waals surface area (Å²) in [5, 5.41) is 9.18. The molecule has 1 N–H and O–H groups in total. The van der Waals surface area contributed by atoms with Gasteiger partial charge < -0.3 is 9.84 Å². The van der Waals surface area contributed by atoms with Crippen LogP contribution in [0.2, 0.25) is 5.02 Å². The highest BCUT2D eigenvalue weighted by Crippen LogP contribution is 2.20. The second-order valence-electron chi connectivity index (χ2n) is 2.23. The van der Waals surface area contributed by atoms with Gasteiger partial charge in [0.1, 0.15) is 5.75 Å². The zero-order chi connectivity index (χ0) is 10.1. The molecule has 1 rings (SSSR count). The number of aromatic hydroxyl groups is 1. The van der Waals surface area contributed by atoms with E-state index in [2.05, 4.69) is 0 Å². The van der Waals surface area contributed by atoms with Crippen LogP contribution >= 0.6 is 11.6 Å². The molecule has 1 aromatic rings. The van der Waals surface area contributed by atoms with Crippen LogP contribution in [-0.2, 0) is 4.74 Å². The molecule has 0 unspecified atom stereocenters. The molecule has 0 saturated carbocycles. The minimum atomic E-state index is 0.133. The van der Waals surface area contributed by atoms with Crippen LogP contribution in [0.1, 0.15) is 13.8 Å².